The molecule has 2 N–H and O–H groups in total. The van der Waals surface area contributed by atoms with Crippen molar-refractivity contribution in [3.63, 3.8) is 0 Å². The summed E-state index contributed by atoms with van der Waals surface area (Å²) in [4.78, 5) is 16.6. The maximum atomic E-state index is 12.2. The summed E-state index contributed by atoms with van der Waals surface area (Å²) in [6, 6.07) is 16.9. The summed E-state index contributed by atoms with van der Waals surface area (Å²) in [5, 5.41) is 3.99. The van der Waals surface area contributed by atoms with Gasteiger partial charge < -0.3 is 0 Å². The third-order valence-corrected chi connectivity index (χ3v) is 4.39. The van der Waals surface area contributed by atoms with E-state index in [0.717, 1.165) is 21.8 Å². The predicted octanol–water partition coefficient (Wildman–Crippen LogP) is 4.38. The molecule has 0 bridgehead atoms. The second-order valence-corrected chi connectivity index (χ2v) is 6.25. The van der Waals surface area contributed by atoms with Gasteiger partial charge in [0.25, 0.3) is 5.91 Å². The molecule has 0 atom stereocenters. The van der Waals surface area contributed by atoms with Crippen LogP contribution in [0.1, 0.15) is 5.56 Å². The summed E-state index contributed by atoms with van der Waals surface area (Å²) >= 11 is 7.19. The number of nitrogens with two attached hydrogens (primary N) is 1. The van der Waals surface area contributed by atoms with Gasteiger partial charge in [0.05, 0.1) is 5.69 Å². The van der Waals surface area contributed by atoms with Gasteiger partial charge in [0.2, 0.25) is 5.13 Å². The molecular weight excluding hydrogens is 342 g/mol. The molecule has 120 valence electrons. The van der Waals surface area contributed by atoms with Crippen LogP contribution < -0.4 is 10.9 Å². The lowest BCUT2D eigenvalue weighted by molar-refractivity contribution is -0.114. The van der Waals surface area contributed by atoms with Crippen LogP contribution in [0.3, 0.4) is 0 Å². The monoisotopic (exact) mass is 355 g/mol. The molecule has 0 saturated heterocycles. The molecule has 6 heteroatoms. The lowest BCUT2D eigenvalue weighted by atomic mass is 10.2. The topological polar surface area (TPSA) is 59.2 Å². The lowest BCUT2D eigenvalue weighted by Crippen LogP contribution is -2.36. The molecule has 3 rings (SSSR count). The number of hydrogen-bond acceptors (Lipinski definition) is 4. The lowest BCUT2D eigenvalue weighted by Gasteiger charge is -2.09. The van der Waals surface area contributed by atoms with Crippen LogP contribution in [0.15, 0.2) is 66.1 Å². The fourth-order valence-electron chi connectivity index (χ4n) is 2.03. The van der Waals surface area contributed by atoms with Gasteiger partial charge in [0.15, 0.2) is 0 Å². The maximum absolute atomic E-state index is 12.2. The predicted molar refractivity (Wildman–Crippen MR) is 99.7 cm³/mol. The summed E-state index contributed by atoms with van der Waals surface area (Å²) in [7, 11) is 0. The third kappa shape index (κ3) is 3.89. The van der Waals surface area contributed by atoms with E-state index >= 15 is 0 Å². The first-order valence-corrected chi connectivity index (χ1v) is 8.42. The standard InChI is InChI=1S/C18H14ClN3OS/c19-15-9-7-14(8-10-15)16-12-24-18(21-16)22(20)17(23)11-6-13-4-2-1-3-5-13/h1-12H,20H2. The van der Waals surface area contributed by atoms with Crippen LogP contribution in [0.5, 0.6) is 0 Å². The molecule has 0 aliphatic rings. The highest BCUT2D eigenvalue weighted by molar-refractivity contribution is 7.14. The number of anilines is 1. The minimum Gasteiger partial charge on any atom is -0.268 e. The Morgan fingerprint density at radius 1 is 1.12 bits per heavy atom. The molecule has 0 unspecified atom stereocenters. The van der Waals surface area contributed by atoms with Crippen molar-refractivity contribution in [2.75, 3.05) is 5.01 Å². The van der Waals surface area contributed by atoms with Crippen molar-refractivity contribution in [1.29, 1.82) is 0 Å². The zero-order valence-corrected chi connectivity index (χ0v) is 14.2. The Bertz CT molecular complexity index is 859. The van der Waals surface area contributed by atoms with Crippen molar-refractivity contribution in [3.05, 3.63) is 76.6 Å². The van der Waals surface area contributed by atoms with Gasteiger partial charge in [-0.25, -0.2) is 15.8 Å². The van der Waals surface area contributed by atoms with Crippen LogP contribution in [-0.2, 0) is 4.79 Å². The molecule has 24 heavy (non-hydrogen) atoms. The molecule has 1 amide bonds. The smallest absolute Gasteiger partial charge is 0.267 e. The van der Waals surface area contributed by atoms with E-state index in [1.54, 1.807) is 18.2 Å². The van der Waals surface area contributed by atoms with Gasteiger partial charge in [-0.3, -0.25) is 4.79 Å². The van der Waals surface area contributed by atoms with Crippen molar-refractivity contribution >= 4 is 40.1 Å². The van der Waals surface area contributed by atoms with Crippen molar-refractivity contribution in [1.82, 2.24) is 4.98 Å². The second-order valence-electron chi connectivity index (χ2n) is 4.97. The van der Waals surface area contributed by atoms with E-state index in [2.05, 4.69) is 4.98 Å². The first kappa shape index (κ1) is 16.4. The van der Waals surface area contributed by atoms with E-state index in [4.69, 9.17) is 17.4 Å². The van der Waals surface area contributed by atoms with Gasteiger partial charge in [-0.05, 0) is 23.8 Å². The van der Waals surface area contributed by atoms with Gasteiger partial charge in [0.1, 0.15) is 0 Å². The van der Waals surface area contributed by atoms with Crippen LogP contribution >= 0.6 is 22.9 Å². The fourth-order valence-corrected chi connectivity index (χ4v) is 2.92. The summed E-state index contributed by atoms with van der Waals surface area (Å²) < 4.78 is 0. The van der Waals surface area contributed by atoms with Crippen LogP contribution in [0.2, 0.25) is 5.02 Å². The number of carbonyl (C=O) groups is 1. The van der Waals surface area contributed by atoms with Crippen molar-refractivity contribution in [2.45, 2.75) is 0 Å². The Morgan fingerprint density at radius 2 is 1.83 bits per heavy atom. The molecule has 0 saturated carbocycles. The zero-order valence-electron chi connectivity index (χ0n) is 12.6. The van der Waals surface area contributed by atoms with Gasteiger partial charge in [-0.15, -0.1) is 11.3 Å². The number of aromatic nitrogens is 1. The molecule has 0 aliphatic carbocycles. The molecule has 0 fully saturated rings. The highest BCUT2D eigenvalue weighted by Gasteiger charge is 2.13. The first-order chi connectivity index (χ1) is 11.6. The molecule has 0 aliphatic heterocycles. The molecule has 1 heterocycles. The number of nitrogens with zero attached hydrogens (tertiary/aromatic N) is 2. The van der Waals surface area contributed by atoms with Crippen molar-refractivity contribution < 1.29 is 4.79 Å². The first-order valence-electron chi connectivity index (χ1n) is 7.17. The summed E-state index contributed by atoms with van der Waals surface area (Å²) in [6.45, 7) is 0. The molecule has 1 aromatic heterocycles. The van der Waals surface area contributed by atoms with Crippen molar-refractivity contribution in [2.24, 2.45) is 5.84 Å². The van der Waals surface area contributed by atoms with E-state index in [1.165, 1.54) is 17.4 Å². The van der Waals surface area contributed by atoms with E-state index in [-0.39, 0.29) is 5.91 Å². The number of carbonyl (C=O) groups excluding carboxylic acids is 1. The van der Waals surface area contributed by atoms with Gasteiger partial charge in [-0.2, -0.15) is 0 Å². The molecule has 2 aromatic carbocycles. The van der Waals surface area contributed by atoms with Crippen LogP contribution in [0.4, 0.5) is 5.13 Å². The molecular formula is C18H14ClN3OS. The SMILES string of the molecule is NN(C(=O)C=Cc1ccccc1)c1nc(-c2ccc(Cl)cc2)cs1. The summed E-state index contributed by atoms with van der Waals surface area (Å²) in [6.07, 6.45) is 3.15. The second kappa shape index (κ2) is 7.40. The molecule has 4 nitrogen and oxygen atoms in total. The Labute approximate surface area is 148 Å². The van der Waals surface area contributed by atoms with E-state index in [9.17, 15) is 4.79 Å². The number of hydrogen-bond donors (Lipinski definition) is 1. The number of hydrazine groups is 1. The quantitative estimate of drug-likeness (QED) is 0.327. The third-order valence-electron chi connectivity index (χ3n) is 3.29. The number of thiazole rings is 1. The largest absolute Gasteiger partial charge is 0.268 e. The van der Waals surface area contributed by atoms with E-state index in [0.29, 0.717) is 10.2 Å². The highest BCUT2D eigenvalue weighted by Crippen LogP contribution is 2.27. The minimum absolute atomic E-state index is 0.337. The molecule has 3 aromatic rings. The molecule has 0 radical (unpaired) electrons. The normalized spacial score (nSPS) is 10.9. The van der Waals surface area contributed by atoms with Gasteiger partial charge in [0, 0.05) is 22.0 Å². The number of benzene rings is 2. The van der Waals surface area contributed by atoms with Crippen molar-refractivity contribution in [3.8, 4) is 11.3 Å². The average molecular weight is 356 g/mol. The number of halogens is 1. The number of rotatable bonds is 4. The van der Waals surface area contributed by atoms with Crippen LogP contribution in [-0.4, -0.2) is 10.9 Å². The van der Waals surface area contributed by atoms with E-state index in [1.807, 2.05) is 47.8 Å². The Morgan fingerprint density at radius 3 is 2.54 bits per heavy atom. The maximum Gasteiger partial charge on any atom is 0.267 e. The Balaban J connectivity index is 1.73. The zero-order chi connectivity index (χ0) is 16.9. The summed E-state index contributed by atoms with van der Waals surface area (Å²) in [5.74, 6) is 5.54. The van der Waals surface area contributed by atoms with Crippen LogP contribution in [0, 0.1) is 0 Å². The fraction of sp³-hybridized carbons (Fsp3) is 0. The van der Waals surface area contributed by atoms with E-state index < -0.39 is 0 Å². The summed E-state index contributed by atoms with van der Waals surface area (Å²) in [5.41, 5.74) is 2.60. The minimum atomic E-state index is -0.337. The van der Waals surface area contributed by atoms with Gasteiger partial charge >= 0.3 is 0 Å². The highest BCUT2D eigenvalue weighted by atomic mass is 35.5. The number of amides is 1. The average Bonchev–Trinajstić information content (AvgIpc) is 3.10. The Hall–Kier alpha value is -2.47. The Kier molecular flexibility index (Phi) is 5.05. The van der Waals surface area contributed by atoms with Gasteiger partial charge in [-0.1, -0.05) is 54.1 Å². The van der Waals surface area contributed by atoms with Crippen LogP contribution in [0.25, 0.3) is 17.3 Å². The molecule has 0 spiro atoms.